The lowest BCUT2D eigenvalue weighted by Crippen LogP contribution is -2.49. The smallest absolute Gasteiger partial charge is 0.296 e. The van der Waals surface area contributed by atoms with Gasteiger partial charge in [0.15, 0.2) is 0 Å². The van der Waals surface area contributed by atoms with Crippen molar-refractivity contribution in [2.24, 2.45) is 5.41 Å². The van der Waals surface area contributed by atoms with E-state index in [2.05, 4.69) is 64.8 Å². The van der Waals surface area contributed by atoms with Gasteiger partial charge in [-0.1, -0.05) is 12.0 Å². The van der Waals surface area contributed by atoms with E-state index in [1.165, 1.54) is 5.56 Å². The molecule has 2 atom stereocenters. The fourth-order valence-electron chi connectivity index (χ4n) is 4.83. The highest BCUT2D eigenvalue weighted by Gasteiger charge is 2.50. The van der Waals surface area contributed by atoms with Crippen molar-refractivity contribution < 1.29 is 9.35 Å². The van der Waals surface area contributed by atoms with E-state index in [9.17, 15) is 9.35 Å². The number of amides is 1. The van der Waals surface area contributed by atoms with Crippen LogP contribution in [0.5, 0.6) is 0 Å². The van der Waals surface area contributed by atoms with Crippen LogP contribution in [0.4, 0.5) is 5.82 Å². The van der Waals surface area contributed by atoms with Gasteiger partial charge in [0.25, 0.3) is 5.91 Å². The van der Waals surface area contributed by atoms with E-state index >= 15 is 0 Å². The summed E-state index contributed by atoms with van der Waals surface area (Å²) in [7, 11) is 0. The van der Waals surface area contributed by atoms with Gasteiger partial charge in [0.05, 0.1) is 18.4 Å². The lowest BCUT2D eigenvalue weighted by Gasteiger charge is -2.44. The highest BCUT2D eigenvalue weighted by Crippen LogP contribution is 2.53. The fourth-order valence-corrected chi connectivity index (χ4v) is 5.98. The zero-order chi connectivity index (χ0) is 25.2. The summed E-state index contributed by atoms with van der Waals surface area (Å²) in [6, 6.07) is 6.11. The number of nitrogens with one attached hydrogen (secondary N) is 2. The molecule has 1 unspecified atom stereocenters. The van der Waals surface area contributed by atoms with Gasteiger partial charge >= 0.3 is 0 Å². The third-order valence-corrected chi connectivity index (χ3v) is 8.71. The average Bonchev–Trinajstić information content (AvgIpc) is 3.10. The Morgan fingerprint density at radius 1 is 1.29 bits per heavy atom. The zero-order valence-electron chi connectivity index (χ0n) is 20.7. The zero-order valence-corrected chi connectivity index (χ0v) is 23.1. The molecule has 1 spiro atoms. The van der Waals surface area contributed by atoms with Crippen LogP contribution >= 0.6 is 15.9 Å². The molecule has 7 nitrogen and oxygen atoms in total. The van der Waals surface area contributed by atoms with Gasteiger partial charge in [0.2, 0.25) is 0 Å². The summed E-state index contributed by atoms with van der Waals surface area (Å²) in [5.74, 6) is 6.26. The lowest BCUT2D eigenvalue weighted by atomic mass is 9.73. The number of benzene rings is 1. The predicted octanol–water partition coefficient (Wildman–Crippen LogP) is 3.66. The number of piperidine rings is 1. The molecule has 1 aromatic heterocycles. The second-order valence-corrected chi connectivity index (χ2v) is 13.0. The van der Waals surface area contributed by atoms with Crippen molar-refractivity contribution in [1.29, 1.82) is 0 Å². The van der Waals surface area contributed by atoms with Crippen LogP contribution in [0.1, 0.15) is 63.3 Å². The monoisotopic (exact) mass is 557 g/mol. The molecule has 35 heavy (non-hydrogen) atoms. The number of halogens is 1. The summed E-state index contributed by atoms with van der Waals surface area (Å²) < 4.78 is 17.1. The molecule has 0 saturated carbocycles. The number of anilines is 1. The first-order valence-corrected chi connectivity index (χ1v) is 13.9. The van der Waals surface area contributed by atoms with Gasteiger partial charge < -0.3 is 14.8 Å². The summed E-state index contributed by atoms with van der Waals surface area (Å²) in [5, 5.41) is 2.70. The van der Waals surface area contributed by atoms with E-state index in [-0.39, 0.29) is 22.1 Å². The number of hydrogen-bond donors (Lipinski definition) is 2. The average molecular weight is 559 g/mol. The van der Waals surface area contributed by atoms with Crippen LogP contribution in [0.3, 0.4) is 0 Å². The number of carbonyl (C=O) groups excluding carboxylic acids is 1. The molecule has 186 valence electrons. The molecule has 2 aromatic rings. The molecular formula is C26H32BrN5O2S. The van der Waals surface area contributed by atoms with Gasteiger partial charge in [-0.25, -0.2) is 9.97 Å². The van der Waals surface area contributed by atoms with Gasteiger partial charge in [-0.15, -0.1) is 4.72 Å². The number of fused-ring (bicyclic) bond motifs is 1. The van der Waals surface area contributed by atoms with Crippen molar-refractivity contribution in [2.45, 2.75) is 57.7 Å². The van der Waals surface area contributed by atoms with Crippen LogP contribution < -0.4 is 14.9 Å². The van der Waals surface area contributed by atoms with Gasteiger partial charge in [-0.2, -0.15) is 0 Å². The standard InChI is InChI=1S/C26H32BrN5O2S/c1-5-28-23(33)9-7-18-6-8-19-15-26(24(20(19)14-18)31-35(34)25(2,3)4)10-12-32(13-11-26)22-17-29-21(27)16-30-22/h6,8,14,16-17,24,31H,5,10-13,15H2,1-4H3,(H,28,33)/t24-,35?/m1/s1. The SMILES string of the molecule is CCNC(=O)C#Cc1ccc2c(c1)[C@@H](N[S+]([O-])C(C)(C)C)C1(CCN(c3cnc(Br)cn3)CC1)C2. The molecule has 1 amide bonds. The van der Waals surface area contributed by atoms with E-state index in [1.54, 1.807) is 12.4 Å². The summed E-state index contributed by atoms with van der Waals surface area (Å²) in [5.41, 5.74) is 3.15. The van der Waals surface area contributed by atoms with Crippen LogP contribution in [0.2, 0.25) is 0 Å². The third kappa shape index (κ3) is 5.83. The second kappa shape index (κ2) is 10.5. The number of rotatable bonds is 4. The molecule has 1 aromatic carbocycles. The van der Waals surface area contributed by atoms with Crippen molar-refractivity contribution in [3.63, 3.8) is 0 Å². The van der Waals surface area contributed by atoms with Crippen LogP contribution in [0, 0.1) is 17.3 Å². The van der Waals surface area contributed by atoms with Crippen molar-refractivity contribution >= 4 is 39.0 Å². The van der Waals surface area contributed by atoms with Crippen molar-refractivity contribution in [1.82, 2.24) is 20.0 Å². The van der Waals surface area contributed by atoms with Crippen LogP contribution in [-0.4, -0.2) is 44.8 Å². The van der Waals surface area contributed by atoms with Gasteiger partial charge in [-0.05, 0) is 86.1 Å². The molecule has 0 bridgehead atoms. The van der Waals surface area contributed by atoms with Gasteiger partial charge in [-0.3, -0.25) is 4.79 Å². The summed E-state index contributed by atoms with van der Waals surface area (Å²) in [6.07, 6.45) is 6.34. The molecule has 1 saturated heterocycles. The maximum atomic E-state index is 13.2. The first-order chi connectivity index (χ1) is 16.6. The van der Waals surface area contributed by atoms with E-state index in [0.29, 0.717) is 6.54 Å². The Morgan fingerprint density at radius 2 is 2.03 bits per heavy atom. The van der Waals surface area contributed by atoms with E-state index in [0.717, 1.165) is 53.9 Å². The second-order valence-electron chi connectivity index (χ2n) is 10.2. The quantitative estimate of drug-likeness (QED) is 0.440. The topological polar surface area (TPSA) is 93.2 Å². The highest BCUT2D eigenvalue weighted by atomic mass is 79.9. The van der Waals surface area contributed by atoms with E-state index in [1.807, 2.05) is 33.8 Å². The number of carbonyl (C=O) groups is 1. The molecule has 2 heterocycles. The molecule has 2 aliphatic rings. The first kappa shape index (κ1) is 26.0. The predicted molar refractivity (Wildman–Crippen MR) is 143 cm³/mol. The molecular weight excluding hydrogens is 526 g/mol. The Morgan fingerprint density at radius 3 is 2.66 bits per heavy atom. The molecule has 0 radical (unpaired) electrons. The van der Waals surface area contributed by atoms with Crippen LogP contribution in [-0.2, 0) is 22.6 Å². The Labute approximate surface area is 219 Å². The Kier molecular flexibility index (Phi) is 7.77. The lowest BCUT2D eigenvalue weighted by molar-refractivity contribution is -0.115. The maximum absolute atomic E-state index is 13.2. The molecule has 1 fully saturated rings. The van der Waals surface area contributed by atoms with E-state index in [4.69, 9.17) is 0 Å². The van der Waals surface area contributed by atoms with E-state index < -0.39 is 11.4 Å². The number of hydrogen-bond acceptors (Lipinski definition) is 6. The van der Waals surface area contributed by atoms with Gasteiger partial charge in [0.1, 0.15) is 15.2 Å². The van der Waals surface area contributed by atoms with Crippen molar-refractivity contribution in [2.75, 3.05) is 24.5 Å². The first-order valence-electron chi connectivity index (χ1n) is 11.9. The van der Waals surface area contributed by atoms with Crippen LogP contribution in [0.15, 0.2) is 35.2 Å². The summed E-state index contributed by atoms with van der Waals surface area (Å²) >= 11 is 2.13. The number of nitrogens with zero attached hydrogens (tertiary/aromatic N) is 3. The minimum Gasteiger partial charge on any atom is -0.598 e. The van der Waals surface area contributed by atoms with Gasteiger partial charge in [0, 0.05) is 47.9 Å². The normalized spacial score (nSPS) is 19.6. The molecule has 1 aliphatic heterocycles. The Hall–Kier alpha value is -2.12. The largest absolute Gasteiger partial charge is 0.598 e. The highest BCUT2D eigenvalue weighted by molar-refractivity contribution is 9.10. The van der Waals surface area contributed by atoms with Crippen molar-refractivity contribution in [3.8, 4) is 11.8 Å². The minimum atomic E-state index is -1.22. The molecule has 2 N–H and O–H groups in total. The molecule has 9 heteroatoms. The third-order valence-electron chi connectivity index (χ3n) is 6.74. The molecule has 4 rings (SSSR count). The fraction of sp³-hybridized carbons (Fsp3) is 0.500. The summed E-state index contributed by atoms with van der Waals surface area (Å²) in [6.45, 7) is 10.1. The maximum Gasteiger partial charge on any atom is 0.296 e. The van der Waals surface area contributed by atoms with Crippen LogP contribution in [0.25, 0.3) is 0 Å². The Balaban J connectivity index is 1.61. The summed E-state index contributed by atoms with van der Waals surface area (Å²) in [4.78, 5) is 22.9. The molecule has 1 aliphatic carbocycles. The Bertz CT molecular complexity index is 1130. The number of aromatic nitrogens is 2. The van der Waals surface area contributed by atoms with Crippen molar-refractivity contribution in [3.05, 3.63) is 51.9 Å². The minimum absolute atomic E-state index is 0.0474.